The van der Waals surface area contributed by atoms with Crippen molar-refractivity contribution in [2.75, 3.05) is 19.6 Å². The van der Waals surface area contributed by atoms with E-state index < -0.39 is 0 Å². The van der Waals surface area contributed by atoms with Gasteiger partial charge in [0.1, 0.15) is 0 Å². The highest BCUT2D eigenvalue weighted by molar-refractivity contribution is 5.86. The number of hydrogen-bond donors (Lipinski definition) is 0. The average molecular weight is 280 g/mol. The van der Waals surface area contributed by atoms with E-state index in [1.165, 1.54) is 5.70 Å². The molecule has 0 aromatic heterocycles. The van der Waals surface area contributed by atoms with Crippen molar-refractivity contribution in [1.29, 1.82) is 0 Å². The minimum atomic E-state index is 0.0210. The fraction of sp³-hybridized carbons (Fsp3) is 0.824. The summed E-state index contributed by atoms with van der Waals surface area (Å²) in [6.07, 6.45) is 1.02. The van der Waals surface area contributed by atoms with E-state index in [1.807, 2.05) is 13.8 Å². The fourth-order valence-electron chi connectivity index (χ4n) is 2.94. The quantitative estimate of drug-likeness (QED) is 0.746. The molecule has 0 N–H and O–H groups in total. The van der Waals surface area contributed by atoms with Gasteiger partial charge in [0.25, 0.3) is 0 Å². The Morgan fingerprint density at radius 3 is 2.20 bits per heavy atom. The molecule has 1 heterocycles. The second kappa shape index (κ2) is 7.26. The number of carbonyl (C=O) groups excluding carboxylic acids is 1. The molecule has 0 bridgehead atoms. The Morgan fingerprint density at radius 2 is 1.75 bits per heavy atom. The molecule has 0 saturated carbocycles. The van der Waals surface area contributed by atoms with Crippen LogP contribution in [0, 0.1) is 11.8 Å². The summed E-state index contributed by atoms with van der Waals surface area (Å²) in [5.41, 5.74) is 1.19. The van der Waals surface area contributed by atoms with Crippen molar-refractivity contribution in [3.8, 4) is 0 Å². The average Bonchev–Trinajstić information content (AvgIpc) is 2.35. The van der Waals surface area contributed by atoms with Crippen LogP contribution in [0.5, 0.6) is 0 Å². The maximum atomic E-state index is 12.5. The lowest BCUT2D eigenvalue weighted by atomic mass is 9.96. The highest BCUT2D eigenvalue weighted by Crippen LogP contribution is 2.22. The van der Waals surface area contributed by atoms with Gasteiger partial charge >= 0.3 is 0 Å². The van der Waals surface area contributed by atoms with Gasteiger partial charge in [-0.15, -0.1) is 0 Å². The Kier molecular flexibility index (Phi) is 6.25. The molecule has 0 unspecified atom stereocenters. The molecule has 0 radical (unpaired) electrons. The van der Waals surface area contributed by atoms with Gasteiger partial charge in [-0.25, -0.2) is 0 Å². The second-order valence-electron chi connectivity index (χ2n) is 7.01. The lowest BCUT2D eigenvalue weighted by molar-refractivity contribution is -0.130. The number of allylic oxidation sites excluding steroid dienone is 1. The van der Waals surface area contributed by atoms with Crippen LogP contribution in [0.15, 0.2) is 12.3 Å². The summed E-state index contributed by atoms with van der Waals surface area (Å²) in [4.78, 5) is 17.2. The molecule has 3 heteroatoms. The van der Waals surface area contributed by atoms with Gasteiger partial charge in [-0.3, -0.25) is 9.69 Å². The predicted octanol–water partition coefficient (Wildman–Crippen LogP) is 3.17. The molecular formula is C17H32N2O. The fourth-order valence-corrected chi connectivity index (χ4v) is 2.94. The summed E-state index contributed by atoms with van der Waals surface area (Å²) in [6.45, 7) is 19.8. The SMILES string of the molecule is C=C(CC(C)C)N1CCN(C(C)C)[C@H](C(=O)C(C)C)C1. The van der Waals surface area contributed by atoms with Crippen molar-refractivity contribution in [3.05, 3.63) is 12.3 Å². The Hall–Kier alpha value is -0.830. The summed E-state index contributed by atoms with van der Waals surface area (Å²) in [7, 11) is 0. The number of carbonyl (C=O) groups is 1. The molecule has 1 rings (SSSR count). The van der Waals surface area contributed by atoms with Gasteiger partial charge in [-0.05, 0) is 26.2 Å². The van der Waals surface area contributed by atoms with Crippen LogP contribution >= 0.6 is 0 Å². The summed E-state index contributed by atoms with van der Waals surface area (Å²) in [6, 6.07) is 0.441. The first-order valence-corrected chi connectivity index (χ1v) is 7.96. The summed E-state index contributed by atoms with van der Waals surface area (Å²) in [5.74, 6) is 1.07. The molecule has 20 heavy (non-hydrogen) atoms. The number of rotatable bonds is 6. The van der Waals surface area contributed by atoms with Gasteiger partial charge in [0, 0.05) is 37.3 Å². The van der Waals surface area contributed by atoms with E-state index in [4.69, 9.17) is 0 Å². The topological polar surface area (TPSA) is 23.6 Å². The van der Waals surface area contributed by atoms with Crippen molar-refractivity contribution >= 4 is 5.78 Å². The van der Waals surface area contributed by atoms with E-state index >= 15 is 0 Å². The molecule has 0 spiro atoms. The van der Waals surface area contributed by atoms with E-state index in [2.05, 4.69) is 44.1 Å². The third-order valence-electron chi connectivity index (χ3n) is 4.07. The van der Waals surface area contributed by atoms with E-state index in [9.17, 15) is 4.79 Å². The molecule has 1 saturated heterocycles. The molecule has 1 aliphatic rings. The van der Waals surface area contributed by atoms with Gasteiger partial charge in [0.2, 0.25) is 0 Å². The van der Waals surface area contributed by atoms with E-state index in [-0.39, 0.29) is 12.0 Å². The van der Waals surface area contributed by atoms with Gasteiger partial charge < -0.3 is 4.90 Å². The van der Waals surface area contributed by atoms with Gasteiger partial charge in [-0.1, -0.05) is 34.3 Å². The lowest BCUT2D eigenvalue weighted by Crippen LogP contribution is -2.58. The maximum Gasteiger partial charge on any atom is 0.154 e. The van der Waals surface area contributed by atoms with Crippen LogP contribution in [-0.4, -0.2) is 47.3 Å². The highest BCUT2D eigenvalue weighted by Gasteiger charge is 2.34. The first kappa shape index (κ1) is 17.2. The number of hydrogen-bond acceptors (Lipinski definition) is 3. The monoisotopic (exact) mass is 280 g/mol. The molecule has 1 aliphatic heterocycles. The molecule has 0 aliphatic carbocycles. The zero-order chi connectivity index (χ0) is 15.4. The van der Waals surface area contributed by atoms with Crippen molar-refractivity contribution in [1.82, 2.24) is 9.80 Å². The number of piperazine rings is 1. The summed E-state index contributed by atoms with van der Waals surface area (Å²) < 4.78 is 0. The molecule has 0 aromatic rings. The van der Waals surface area contributed by atoms with Gasteiger partial charge in [0.15, 0.2) is 5.78 Å². The zero-order valence-corrected chi connectivity index (χ0v) is 14.1. The smallest absolute Gasteiger partial charge is 0.154 e. The molecule has 3 nitrogen and oxygen atoms in total. The van der Waals surface area contributed by atoms with Gasteiger partial charge in [0.05, 0.1) is 6.04 Å². The van der Waals surface area contributed by atoms with E-state index in [1.54, 1.807) is 0 Å². The highest BCUT2D eigenvalue weighted by atomic mass is 16.1. The zero-order valence-electron chi connectivity index (χ0n) is 14.1. The first-order chi connectivity index (χ1) is 9.23. The molecule has 116 valence electrons. The largest absolute Gasteiger partial charge is 0.372 e. The van der Waals surface area contributed by atoms with Crippen LogP contribution in [0.4, 0.5) is 0 Å². The first-order valence-electron chi connectivity index (χ1n) is 7.96. The molecule has 0 amide bonds. The normalized spacial score (nSPS) is 21.1. The van der Waals surface area contributed by atoms with Crippen LogP contribution in [0.1, 0.15) is 48.0 Å². The number of nitrogens with zero attached hydrogens (tertiary/aromatic N) is 2. The van der Waals surface area contributed by atoms with Crippen molar-refractivity contribution in [3.63, 3.8) is 0 Å². The number of Topliss-reactive ketones (excluding diaryl/α,β-unsaturated/α-hetero) is 1. The Balaban J connectivity index is 2.79. The van der Waals surface area contributed by atoms with Crippen LogP contribution in [0.2, 0.25) is 0 Å². The minimum Gasteiger partial charge on any atom is -0.372 e. The standard InChI is InChI=1S/C17H32N2O/c1-12(2)10-15(7)18-8-9-19(14(5)6)16(11-18)17(20)13(3)4/h12-14,16H,7-11H2,1-6H3/t16-/m0/s1. The Labute approximate surface area is 125 Å². The lowest BCUT2D eigenvalue weighted by Gasteiger charge is -2.45. The predicted molar refractivity (Wildman–Crippen MR) is 85.6 cm³/mol. The molecular weight excluding hydrogens is 248 g/mol. The van der Waals surface area contributed by atoms with Crippen LogP contribution in [0.25, 0.3) is 0 Å². The molecule has 1 fully saturated rings. The molecule has 0 aromatic carbocycles. The minimum absolute atomic E-state index is 0.0210. The third kappa shape index (κ3) is 4.34. The van der Waals surface area contributed by atoms with Gasteiger partial charge in [-0.2, -0.15) is 0 Å². The van der Waals surface area contributed by atoms with Crippen molar-refractivity contribution < 1.29 is 4.79 Å². The van der Waals surface area contributed by atoms with Crippen molar-refractivity contribution in [2.24, 2.45) is 11.8 Å². The molecule has 1 atom stereocenters. The summed E-state index contributed by atoms with van der Waals surface area (Å²) in [5, 5.41) is 0. The van der Waals surface area contributed by atoms with E-state index in [0.717, 1.165) is 26.1 Å². The van der Waals surface area contributed by atoms with E-state index in [0.29, 0.717) is 17.7 Å². The second-order valence-corrected chi connectivity index (χ2v) is 7.01. The number of ketones is 1. The van der Waals surface area contributed by atoms with Crippen molar-refractivity contribution in [2.45, 2.75) is 60.0 Å². The Morgan fingerprint density at radius 1 is 1.15 bits per heavy atom. The third-order valence-corrected chi connectivity index (χ3v) is 4.07. The van der Waals surface area contributed by atoms with Crippen LogP contribution in [0.3, 0.4) is 0 Å². The van der Waals surface area contributed by atoms with Crippen LogP contribution in [-0.2, 0) is 4.79 Å². The Bertz CT molecular complexity index is 347. The van der Waals surface area contributed by atoms with Crippen LogP contribution < -0.4 is 0 Å². The summed E-state index contributed by atoms with van der Waals surface area (Å²) >= 11 is 0. The maximum absolute atomic E-state index is 12.5.